The van der Waals surface area contributed by atoms with E-state index in [2.05, 4.69) is 110 Å². The number of carbonyl (C=O) groups excluding carboxylic acids is 2. The van der Waals surface area contributed by atoms with Gasteiger partial charge in [-0.1, -0.05) is 93.6 Å². The zero-order chi connectivity index (χ0) is 39.3. The number of aliphatic hydroxyl groups is 1. The van der Waals surface area contributed by atoms with Crippen LogP contribution in [0.4, 0.5) is 10.5 Å². The Hall–Kier alpha value is -4.84. The van der Waals surface area contributed by atoms with Crippen molar-refractivity contribution in [2.75, 3.05) is 58.7 Å². The maximum atomic E-state index is 12.5. The van der Waals surface area contributed by atoms with Gasteiger partial charge in [0.05, 0.1) is 0 Å². The third kappa shape index (κ3) is 11.6. The molecule has 0 spiro atoms. The van der Waals surface area contributed by atoms with Gasteiger partial charge >= 0.3 is 14.3 Å². The molecule has 0 aliphatic carbocycles. The largest absolute Gasteiger partial charge is 0.534 e. The second-order valence-corrected chi connectivity index (χ2v) is 19.7. The first-order chi connectivity index (χ1) is 26.4. The van der Waals surface area contributed by atoms with E-state index in [1.807, 2.05) is 41.3 Å². The minimum Gasteiger partial charge on any atom is -0.534 e. The van der Waals surface area contributed by atoms with Crippen LogP contribution in [0.25, 0.3) is 0 Å². The number of amides is 3. The molecule has 1 heterocycles. The first kappa shape index (κ1) is 41.3. The van der Waals surface area contributed by atoms with Gasteiger partial charge in [-0.15, -0.1) is 0 Å². The van der Waals surface area contributed by atoms with Gasteiger partial charge in [-0.05, 0) is 83.2 Å². The van der Waals surface area contributed by atoms with E-state index in [9.17, 15) is 14.7 Å². The summed E-state index contributed by atoms with van der Waals surface area (Å²) >= 11 is 0. The Labute approximate surface area is 328 Å². The third-order valence-electron chi connectivity index (χ3n) is 10.1. The first-order valence-corrected chi connectivity index (χ1v) is 21.4. The molecule has 0 unspecified atom stereocenters. The Morgan fingerprint density at radius 1 is 0.836 bits per heavy atom. The van der Waals surface area contributed by atoms with Crippen molar-refractivity contribution >= 4 is 36.3 Å². The van der Waals surface area contributed by atoms with Crippen molar-refractivity contribution < 1.29 is 23.9 Å². The summed E-state index contributed by atoms with van der Waals surface area (Å²) in [6.07, 6.45) is 2.23. The van der Waals surface area contributed by atoms with Gasteiger partial charge in [-0.25, -0.2) is 4.79 Å². The van der Waals surface area contributed by atoms with Crippen LogP contribution in [0.1, 0.15) is 45.6 Å². The molecule has 4 aromatic carbocycles. The number of hydrogen-bond donors (Lipinski definition) is 4. The van der Waals surface area contributed by atoms with Crippen molar-refractivity contribution in [2.24, 2.45) is 0 Å². The molecule has 0 saturated carbocycles. The zero-order valence-corrected chi connectivity index (χ0v) is 34.1. The molecule has 294 valence electrons. The van der Waals surface area contributed by atoms with E-state index in [0.29, 0.717) is 44.4 Å². The van der Waals surface area contributed by atoms with Gasteiger partial charge in [0.1, 0.15) is 24.2 Å². The predicted octanol–water partition coefficient (Wildman–Crippen LogP) is 5.26. The molecule has 1 aliphatic heterocycles. The standard InChI is InChI=1S/C44H59N5O5Si/c1-44(2,3)55(40-12-8-6-9-13-40,41-14-10-7-11-15-41)54-39-22-20-38(21-23-39)53-33-37(50)32-45-28-24-34-16-18-35(19-17-34)47-36-26-30-49(31-27-36)43(52)46-29-25-42(51)48(4)5/h6-23,36-37,45,47,50H,24-33H2,1-5H3,(H,46,52)/t37-/m0/s1. The van der Waals surface area contributed by atoms with Gasteiger partial charge in [0, 0.05) is 58.4 Å². The zero-order valence-electron chi connectivity index (χ0n) is 33.1. The van der Waals surface area contributed by atoms with Crippen LogP contribution in [0.2, 0.25) is 5.04 Å². The van der Waals surface area contributed by atoms with E-state index in [0.717, 1.165) is 37.2 Å². The molecule has 11 heteroatoms. The van der Waals surface area contributed by atoms with Gasteiger partial charge in [-0.3, -0.25) is 4.79 Å². The second-order valence-electron chi connectivity index (χ2n) is 15.5. The van der Waals surface area contributed by atoms with Crippen molar-refractivity contribution in [2.45, 2.75) is 63.6 Å². The fourth-order valence-corrected chi connectivity index (χ4v) is 11.4. The lowest BCUT2D eigenvalue weighted by Gasteiger charge is -2.43. The number of rotatable bonds is 17. The molecule has 0 radical (unpaired) electrons. The fraction of sp³-hybridized carbons (Fsp3) is 0.409. The highest BCUT2D eigenvalue weighted by Crippen LogP contribution is 2.38. The van der Waals surface area contributed by atoms with Crippen molar-refractivity contribution in [3.63, 3.8) is 0 Å². The molecular weight excluding hydrogens is 707 g/mol. The molecule has 55 heavy (non-hydrogen) atoms. The summed E-state index contributed by atoms with van der Waals surface area (Å²) in [5.41, 5.74) is 2.28. The molecule has 10 nitrogen and oxygen atoms in total. The quantitative estimate of drug-likeness (QED) is 0.0857. The number of likely N-dealkylation sites (tertiary alicyclic amines) is 1. The lowest BCUT2D eigenvalue weighted by atomic mass is 10.0. The smallest absolute Gasteiger partial charge is 0.319 e. The van der Waals surface area contributed by atoms with Crippen molar-refractivity contribution in [3.8, 4) is 11.5 Å². The predicted molar refractivity (Wildman–Crippen MR) is 224 cm³/mol. The molecule has 4 N–H and O–H groups in total. The molecular formula is C44H59N5O5Si. The molecule has 0 aromatic heterocycles. The number of ether oxygens (including phenoxy) is 1. The Morgan fingerprint density at radius 2 is 1.42 bits per heavy atom. The fourth-order valence-electron chi connectivity index (χ4n) is 7.02. The van der Waals surface area contributed by atoms with Gasteiger partial charge < -0.3 is 40.0 Å². The SMILES string of the molecule is CN(C)C(=O)CCNC(=O)N1CCC(Nc2ccc(CCNC[C@H](O)COc3ccc(O[Si](c4ccccc4)(c4ccccc4)C(C)(C)C)cc3)cc2)CC1. The molecule has 1 aliphatic rings. The summed E-state index contributed by atoms with van der Waals surface area (Å²) < 4.78 is 13.0. The van der Waals surface area contributed by atoms with E-state index in [-0.39, 0.29) is 23.6 Å². The molecule has 4 aromatic rings. The summed E-state index contributed by atoms with van der Waals surface area (Å²) in [7, 11) is 0.705. The lowest BCUT2D eigenvalue weighted by Crippen LogP contribution is -2.68. The number of piperidine rings is 1. The van der Waals surface area contributed by atoms with Gasteiger partial charge in [0.15, 0.2) is 0 Å². The van der Waals surface area contributed by atoms with Crippen LogP contribution < -0.4 is 35.5 Å². The van der Waals surface area contributed by atoms with E-state index in [4.69, 9.17) is 9.16 Å². The van der Waals surface area contributed by atoms with E-state index < -0.39 is 14.4 Å². The Morgan fingerprint density at radius 3 is 1.98 bits per heavy atom. The number of hydrogen-bond acceptors (Lipinski definition) is 7. The highest BCUT2D eigenvalue weighted by molar-refractivity contribution is 7.00. The van der Waals surface area contributed by atoms with Crippen LogP contribution in [0.3, 0.4) is 0 Å². The monoisotopic (exact) mass is 765 g/mol. The molecule has 0 bridgehead atoms. The van der Waals surface area contributed by atoms with Crippen molar-refractivity contribution in [1.29, 1.82) is 0 Å². The van der Waals surface area contributed by atoms with Gasteiger partial charge in [0.2, 0.25) is 5.91 Å². The van der Waals surface area contributed by atoms with Crippen molar-refractivity contribution in [1.82, 2.24) is 20.4 Å². The van der Waals surface area contributed by atoms with Crippen LogP contribution in [-0.2, 0) is 11.2 Å². The summed E-state index contributed by atoms with van der Waals surface area (Å²) in [5, 5.41) is 22.7. The lowest BCUT2D eigenvalue weighted by molar-refractivity contribution is -0.128. The Balaban J connectivity index is 1.01. The van der Waals surface area contributed by atoms with Crippen LogP contribution in [0, 0.1) is 0 Å². The van der Waals surface area contributed by atoms with E-state index >= 15 is 0 Å². The third-order valence-corrected chi connectivity index (χ3v) is 15.1. The number of nitrogens with zero attached hydrogens (tertiary/aromatic N) is 2. The van der Waals surface area contributed by atoms with Gasteiger partial charge in [0.25, 0.3) is 0 Å². The molecule has 1 saturated heterocycles. The molecule has 1 atom stereocenters. The Kier molecular flexibility index (Phi) is 14.8. The minimum atomic E-state index is -2.73. The second kappa shape index (κ2) is 19.7. The summed E-state index contributed by atoms with van der Waals surface area (Å²) in [6, 6.07) is 37.6. The number of aliphatic hydroxyl groups excluding tert-OH is 1. The number of carbonyl (C=O) groups is 2. The van der Waals surface area contributed by atoms with E-state index in [1.54, 1.807) is 14.1 Å². The normalized spacial score (nSPS) is 14.2. The van der Waals surface area contributed by atoms with Crippen LogP contribution in [-0.4, -0.2) is 101 Å². The number of anilines is 1. The van der Waals surface area contributed by atoms with Crippen LogP contribution >= 0.6 is 0 Å². The summed E-state index contributed by atoms with van der Waals surface area (Å²) in [5.74, 6) is 1.48. The first-order valence-electron chi connectivity index (χ1n) is 19.4. The minimum absolute atomic E-state index is 0.00300. The van der Waals surface area contributed by atoms with Crippen LogP contribution in [0.15, 0.2) is 109 Å². The van der Waals surface area contributed by atoms with E-state index in [1.165, 1.54) is 20.8 Å². The molecule has 3 amide bonds. The number of nitrogens with one attached hydrogen (secondary N) is 3. The highest BCUT2D eigenvalue weighted by atomic mass is 28.4. The average Bonchev–Trinajstić information content (AvgIpc) is 3.19. The maximum Gasteiger partial charge on any atom is 0.319 e. The topological polar surface area (TPSA) is 115 Å². The maximum absolute atomic E-state index is 12.5. The number of urea groups is 1. The van der Waals surface area contributed by atoms with Gasteiger partial charge in [-0.2, -0.15) is 0 Å². The average molecular weight is 766 g/mol. The molecule has 1 fully saturated rings. The summed E-state index contributed by atoms with van der Waals surface area (Å²) in [6.45, 7) is 9.85. The van der Waals surface area contributed by atoms with Crippen molar-refractivity contribution in [3.05, 3.63) is 115 Å². The van der Waals surface area contributed by atoms with Crippen LogP contribution in [0.5, 0.6) is 11.5 Å². The Bertz CT molecular complexity index is 1720. The highest BCUT2D eigenvalue weighted by Gasteiger charge is 2.52. The summed E-state index contributed by atoms with van der Waals surface area (Å²) in [4.78, 5) is 27.6. The number of benzene rings is 4. The molecule has 5 rings (SSSR count).